The fourth-order valence-corrected chi connectivity index (χ4v) is 6.21. The van der Waals surface area contributed by atoms with Crippen LogP contribution >= 0.6 is 21.6 Å². The Bertz CT molecular complexity index is 303. The maximum atomic E-state index is 11.8. The summed E-state index contributed by atoms with van der Waals surface area (Å²) in [7, 11) is 4.05. The third kappa shape index (κ3) is 8.11. The van der Waals surface area contributed by atoms with Gasteiger partial charge < -0.3 is 10.2 Å². The molecule has 2 saturated heterocycles. The largest absolute Gasteiger partial charge is 0.356 e. The Kier molecular flexibility index (Phi) is 9.77. The van der Waals surface area contributed by atoms with Crippen LogP contribution in [-0.2, 0) is 4.79 Å². The summed E-state index contributed by atoms with van der Waals surface area (Å²) in [6, 6.07) is 0. The minimum Gasteiger partial charge on any atom is -0.356 e. The van der Waals surface area contributed by atoms with Gasteiger partial charge in [0.15, 0.2) is 0 Å². The Morgan fingerprint density at radius 2 is 1.95 bits per heavy atom. The Hall–Kier alpha value is 0.130. The SMILES string of the molecule is O=C(CCCC[C@@H]1CCSS1)NCCCCN1CCCCC1. The number of nitrogens with one attached hydrogen (secondary N) is 1. The number of unbranched alkanes of at least 4 members (excludes halogenated alkanes) is 2. The second-order valence-corrected chi connectivity index (χ2v) is 9.32. The maximum absolute atomic E-state index is 11.8. The lowest BCUT2D eigenvalue weighted by Gasteiger charge is -2.26. The number of amides is 1. The summed E-state index contributed by atoms with van der Waals surface area (Å²) in [6.07, 6.45) is 12.1. The van der Waals surface area contributed by atoms with Gasteiger partial charge in [0.2, 0.25) is 5.91 Å². The molecule has 1 N–H and O–H groups in total. The second kappa shape index (κ2) is 11.6. The highest BCUT2D eigenvalue weighted by Gasteiger charge is 2.15. The number of carbonyl (C=O) groups excluding carboxylic acids is 1. The maximum Gasteiger partial charge on any atom is 0.219 e. The Labute approximate surface area is 144 Å². The van der Waals surface area contributed by atoms with Crippen LogP contribution in [0.3, 0.4) is 0 Å². The van der Waals surface area contributed by atoms with E-state index in [1.807, 2.05) is 21.6 Å². The average molecular weight is 345 g/mol. The molecule has 2 aliphatic heterocycles. The van der Waals surface area contributed by atoms with Crippen molar-refractivity contribution in [1.29, 1.82) is 0 Å². The van der Waals surface area contributed by atoms with Gasteiger partial charge >= 0.3 is 0 Å². The van der Waals surface area contributed by atoms with Gasteiger partial charge in [-0.25, -0.2) is 0 Å². The first-order chi connectivity index (χ1) is 10.8. The van der Waals surface area contributed by atoms with Gasteiger partial charge in [-0.05, 0) is 64.6 Å². The summed E-state index contributed by atoms with van der Waals surface area (Å²) in [5.41, 5.74) is 0. The first kappa shape index (κ1) is 18.5. The van der Waals surface area contributed by atoms with Gasteiger partial charge in [0.05, 0.1) is 0 Å². The molecule has 1 atom stereocenters. The molecule has 3 nitrogen and oxygen atoms in total. The van der Waals surface area contributed by atoms with Crippen LogP contribution in [-0.4, -0.2) is 48.0 Å². The van der Waals surface area contributed by atoms with E-state index in [4.69, 9.17) is 0 Å². The van der Waals surface area contributed by atoms with Crippen molar-refractivity contribution >= 4 is 27.5 Å². The van der Waals surface area contributed by atoms with Crippen molar-refractivity contribution in [3.63, 3.8) is 0 Å². The fraction of sp³-hybridized carbons (Fsp3) is 0.941. The van der Waals surface area contributed by atoms with Crippen molar-refractivity contribution < 1.29 is 4.79 Å². The Morgan fingerprint density at radius 1 is 1.09 bits per heavy atom. The highest BCUT2D eigenvalue weighted by Crippen LogP contribution is 2.39. The molecule has 0 aromatic carbocycles. The van der Waals surface area contributed by atoms with E-state index in [2.05, 4.69) is 10.2 Å². The van der Waals surface area contributed by atoms with Crippen molar-refractivity contribution in [2.24, 2.45) is 0 Å². The number of hydrogen-bond donors (Lipinski definition) is 1. The first-order valence-corrected chi connectivity index (χ1v) is 11.5. The van der Waals surface area contributed by atoms with Crippen LogP contribution in [0.5, 0.6) is 0 Å². The first-order valence-electron chi connectivity index (χ1n) is 9.12. The topological polar surface area (TPSA) is 32.3 Å². The normalized spacial score (nSPS) is 22.8. The van der Waals surface area contributed by atoms with Gasteiger partial charge in [0.25, 0.3) is 0 Å². The van der Waals surface area contributed by atoms with Gasteiger partial charge in [0, 0.05) is 24.0 Å². The molecule has 5 heteroatoms. The van der Waals surface area contributed by atoms with E-state index in [1.165, 1.54) is 70.3 Å². The number of likely N-dealkylation sites (tertiary alicyclic amines) is 1. The van der Waals surface area contributed by atoms with Crippen molar-refractivity contribution in [3.8, 4) is 0 Å². The predicted molar refractivity (Wildman–Crippen MR) is 99.5 cm³/mol. The molecule has 0 aromatic rings. The Balaban J connectivity index is 1.36. The van der Waals surface area contributed by atoms with E-state index in [9.17, 15) is 4.79 Å². The van der Waals surface area contributed by atoms with Gasteiger partial charge in [-0.1, -0.05) is 34.4 Å². The quantitative estimate of drug-likeness (QED) is 0.478. The standard InChI is InChI=1S/C17H32N2OS2/c20-17(9-3-2-8-16-10-15-21-22-16)18-11-4-7-14-19-12-5-1-6-13-19/h16H,1-15H2,(H,18,20)/t16-/m1/s1. The number of rotatable bonds is 10. The monoisotopic (exact) mass is 344 g/mol. The number of nitrogens with zero attached hydrogens (tertiary/aromatic N) is 1. The molecule has 2 aliphatic rings. The third-order valence-electron chi connectivity index (χ3n) is 4.58. The van der Waals surface area contributed by atoms with Crippen LogP contribution in [0.4, 0.5) is 0 Å². The average Bonchev–Trinajstić information content (AvgIpc) is 3.06. The van der Waals surface area contributed by atoms with Crippen molar-refractivity contribution in [1.82, 2.24) is 10.2 Å². The molecule has 0 bridgehead atoms. The molecule has 0 aliphatic carbocycles. The van der Waals surface area contributed by atoms with Crippen molar-refractivity contribution in [3.05, 3.63) is 0 Å². The van der Waals surface area contributed by atoms with Crippen LogP contribution in [0.2, 0.25) is 0 Å². The molecule has 0 saturated carbocycles. The lowest BCUT2D eigenvalue weighted by Crippen LogP contribution is -2.31. The van der Waals surface area contributed by atoms with Crippen molar-refractivity contribution in [2.75, 3.05) is 31.9 Å². The summed E-state index contributed by atoms with van der Waals surface area (Å²) in [5.74, 6) is 1.57. The highest BCUT2D eigenvalue weighted by molar-refractivity contribution is 8.77. The zero-order valence-corrected chi connectivity index (χ0v) is 15.5. The zero-order valence-electron chi connectivity index (χ0n) is 13.9. The summed E-state index contributed by atoms with van der Waals surface area (Å²) in [4.78, 5) is 14.3. The van der Waals surface area contributed by atoms with Crippen LogP contribution in [0.1, 0.15) is 64.2 Å². The molecule has 22 heavy (non-hydrogen) atoms. The molecule has 0 unspecified atom stereocenters. The smallest absolute Gasteiger partial charge is 0.219 e. The van der Waals surface area contributed by atoms with Gasteiger partial charge in [-0.2, -0.15) is 0 Å². The summed E-state index contributed by atoms with van der Waals surface area (Å²) < 4.78 is 0. The number of carbonyl (C=O) groups is 1. The second-order valence-electron chi connectivity index (χ2n) is 6.53. The molecular formula is C17H32N2OS2. The lowest BCUT2D eigenvalue weighted by atomic mass is 10.1. The highest BCUT2D eigenvalue weighted by atomic mass is 33.1. The fourth-order valence-electron chi connectivity index (χ4n) is 3.18. The molecule has 128 valence electrons. The molecule has 0 aromatic heterocycles. The molecule has 2 heterocycles. The summed E-state index contributed by atoms with van der Waals surface area (Å²) >= 11 is 0. The number of hydrogen-bond acceptors (Lipinski definition) is 4. The van der Waals surface area contributed by atoms with Gasteiger partial charge in [-0.3, -0.25) is 4.79 Å². The molecule has 1 amide bonds. The minimum absolute atomic E-state index is 0.256. The van der Waals surface area contributed by atoms with E-state index in [0.29, 0.717) is 0 Å². The lowest BCUT2D eigenvalue weighted by molar-refractivity contribution is -0.121. The summed E-state index contributed by atoms with van der Waals surface area (Å²) in [6.45, 7) is 4.64. The van der Waals surface area contributed by atoms with Crippen molar-refractivity contribution in [2.45, 2.75) is 69.5 Å². The molecule has 0 radical (unpaired) electrons. The predicted octanol–water partition coefficient (Wildman–Crippen LogP) is 4.08. The van der Waals surface area contributed by atoms with E-state index in [1.54, 1.807) is 0 Å². The van der Waals surface area contributed by atoms with Crippen LogP contribution in [0.25, 0.3) is 0 Å². The van der Waals surface area contributed by atoms with E-state index in [-0.39, 0.29) is 5.91 Å². The van der Waals surface area contributed by atoms with Crippen LogP contribution in [0.15, 0.2) is 0 Å². The van der Waals surface area contributed by atoms with Gasteiger partial charge in [-0.15, -0.1) is 0 Å². The summed E-state index contributed by atoms with van der Waals surface area (Å²) in [5, 5.41) is 3.93. The molecule has 0 spiro atoms. The van der Waals surface area contributed by atoms with E-state index < -0.39 is 0 Å². The molecule has 2 fully saturated rings. The van der Waals surface area contributed by atoms with E-state index >= 15 is 0 Å². The third-order valence-corrected chi connectivity index (χ3v) is 7.59. The zero-order chi connectivity index (χ0) is 15.5. The van der Waals surface area contributed by atoms with Crippen LogP contribution in [0, 0.1) is 0 Å². The van der Waals surface area contributed by atoms with E-state index in [0.717, 1.165) is 31.1 Å². The van der Waals surface area contributed by atoms with Gasteiger partial charge in [0.1, 0.15) is 0 Å². The van der Waals surface area contributed by atoms with Crippen LogP contribution < -0.4 is 5.32 Å². The Morgan fingerprint density at radius 3 is 2.73 bits per heavy atom. The number of piperidine rings is 1. The minimum atomic E-state index is 0.256. The molecule has 2 rings (SSSR count). The molecular weight excluding hydrogens is 312 g/mol.